The van der Waals surface area contributed by atoms with Gasteiger partial charge in [0.2, 0.25) is 0 Å². The van der Waals surface area contributed by atoms with Gasteiger partial charge >= 0.3 is 0 Å². The maximum absolute atomic E-state index is 5.61. The summed E-state index contributed by atoms with van der Waals surface area (Å²) in [7, 11) is 4.97. The van der Waals surface area contributed by atoms with Gasteiger partial charge in [-0.2, -0.15) is 0 Å². The molecule has 0 atom stereocenters. The highest BCUT2D eigenvalue weighted by molar-refractivity contribution is 7.80. The Labute approximate surface area is 165 Å². The van der Waals surface area contributed by atoms with E-state index in [1.807, 2.05) is 36.4 Å². The molecule has 1 heterocycles. The largest absolute Gasteiger partial charge is 0.497 e. The van der Waals surface area contributed by atoms with Crippen LogP contribution in [0, 0.1) is 0 Å². The fraction of sp³-hybridized carbons (Fsp3) is 0.350. The van der Waals surface area contributed by atoms with Crippen LogP contribution in [-0.4, -0.2) is 57.5 Å². The highest BCUT2D eigenvalue weighted by Gasteiger charge is 2.21. The number of para-hydroxylation sites is 2. The molecule has 0 aromatic heterocycles. The Morgan fingerprint density at radius 2 is 1.52 bits per heavy atom. The second kappa shape index (κ2) is 8.81. The summed E-state index contributed by atoms with van der Waals surface area (Å²) in [6.45, 7) is 3.43. The van der Waals surface area contributed by atoms with E-state index in [1.54, 1.807) is 21.3 Å². The zero-order valence-corrected chi connectivity index (χ0v) is 16.7. The van der Waals surface area contributed by atoms with Crippen LogP contribution in [0.1, 0.15) is 0 Å². The molecule has 1 aliphatic heterocycles. The predicted molar refractivity (Wildman–Crippen MR) is 113 cm³/mol. The van der Waals surface area contributed by atoms with Gasteiger partial charge in [0, 0.05) is 50.1 Å². The number of nitrogens with one attached hydrogen (secondary N) is 1. The molecule has 2 aromatic carbocycles. The van der Waals surface area contributed by atoms with Gasteiger partial charge in [0.1, 0.15) is 17.2 Å². The summed E-state index contributed by atoms with van der Waals surface area (Å²) in [5.41, 5.74) is 1.97. The predicted octanol–water partition coefficient (Wildman–Crippen LogP) is 3.23. The van der Waals surface area contributed by atoms with Crippen molar-refractivity contribution in [2.24, 2.45) is 0 Å². The first-order valence-electron chi connectivity index (χ1n) is 8.81. The molecule has 0 amide bonds. The van der Waals surface area contributed by atoms with Gasteiger partial charge in [-0.15, -0.1) is 0 Å². The van der Waals surface area contributed by atoms with Crippen molar-refractivity contribution < 1.29 is 14.2 Å². The third kappa shape index (κ3) is 4.54. The van der Waals surface area contributed by atoms with Gasteiger partial charge in [-0.25, -0.2) is 0 Å². The summed E-state index contributed by atoms with van der Waals surface area (Å²) < 4.78 is 16.1. The molecular formula is C20H25N3O3S. The third-order valence-corrected chi connectivity index (χ3v) is 4.96. The molecule has 1 aliphatic rings. The first kappa shape index (κ1) is 19.1. The van der Waals surface area contributed by atoms with Gasteiger partial charge < -0.3 is 29.3 Å². The molecule has 0 saturated carbocycles. The van der Waals surface area contributed by atoms with E-state index in [0.717, 1.165) is 54.8 Å². The lowest BCUT2D eigenvalue weighted by molar-refractivity contribution is 0.381. The second-order valence-electron chi connectivity index (χ2n) is 6.18. The minimum Gasteiger partial charge on any atom is -0.497 e. The lowest BCUT2D eigenvalue weighted by Crippen LogP contribution is -2.50. The Balaban J connectivity index is 1.62. The maximum Gasteiger partial charge on any atom is 0.173 e. The third-order valence-electron chi connectivity index (χ3n) is 4.60. The zero-order chi connectivity index (χ0) is 19.2. The van der Waals surface area contributed by atoms with Gasteiger partial charge in [0.15, 0.2) is 5.11 Å². The average molecular weight is 388 g/mol. The van der Waals surface area contributed by atoms with E-state index >= 15 is 0 Å². The summed E-state index contributed by atoms with van der Waals surface area (Å²) >= 11 is 5.61. The highest BCUT2D eigenvalue weighted by atomic mass is 32.1. The molecule has 6 nitrogen and oxygen atoms in total. The number of anilines is 2. The molecule has 0 unspecified atom stereocenters. The fourth-order valence-electron chi connectivity index (χ4n) is 3.12. The summed E-state index contributed by atoms with van der Waals surface area (Å²) in [6.07, 6.45) is 0. The van der Waals surface area contributed by atoms with E-state index in [2.05, 4.69) is 21.2 Å². The Morgan fingerprint density at radius 1 is 0.889 bits per heavy atom. The van der Waals surface area contributed by atoms with Crippen LogP contribution in [0.3, 0.4) is 0 Å². The van der Waals surface area contributed by atoms with Crippen LogP contribution >= 0.6 is 12.2 Å². The standard InChI is InChI=1S/C20H25N3O3S/c1-24-16-12-15(13-17(14-16)25-2)21-20(27)23-10-8-22(9-11-23)18-6-4-5-7-19(18)26-3/h4-7,12-14H,8-11H2,1-3H3,(H,21,27). The number of rotatable bonds is 5. The van der Waals surface area contributed by atoms with Gasteiger partial charge in [-0.05, 0) is 24.4 Å². The number of hydrogen-bond acceptors (Lipinski definition) is 5. The monoisotopic (exact) mass is 387 g/mol. The minimum atomic E-state index is 0.699. The average Bonchev–Trinajstić information content (AvgIpc) is 2.73. The number of ether oxygens (including phenoxy) is 3. The van der Waals surface area contributed by atoms with Crippen molar-refractivity contribution in [3.8, 4) is 17.2 Å². The van der Waals surface area contributed by atoms with E-state index in [1.165, 1.54) is 0 Å². The van der Waals surface area contributed by atoms with Crippen molar-refractivity contribution in [3.05, 3.63) is 42.5 Å². The molecule has 0 aliphatic carbocycles. The summed E-state index contributed by atoms with van der Waals surface area (Å²) in [4.78, 5) is 4.50. The Kier molecular flexibility index (Phi) is 6.24. The SMILES string of the molecule is COc1cc(NC(=S)N2CCN(c3ccccc3OC)CC2)cc(OC)c1. The van der Waals surface area contributed by atoms with E-state index in [9.17, 15) is 0 Å². The molecule has 2 aromatic rings. The molecule has 27 heavy (non-hydrogen) atoms. The number of piperazine rings is 1. The van der Waals surface area contributed by atoms with Crippen LogP contribution in [0.2, 0.25) is 0 Å². The number of nitrogens with zero attached hydrogens (tertiary/aromatic N) is 2. The lowest BCUT2D eigenvalue weighted by atomic mass is 10.2. The maximum atomic E-state index is 5.61. The van der Waals surface area contributed by atoms with Crippen molar-refractivity contribution in [2.75, 3.05) is 57.7 Å². The molecule has 144 valence electrons. The zero-order valence-electron chi connectivity index (χ0n) is 15.9. The summed E-state index contributed by atoms with van der Waals surface area (Å²) in [5.74, 6) is 2.34. The van der Waals surface area contributed by atoms with Crippen molar-refractivity contribution in [3.63, 3.8) is 0 Å². The summed E-state index contributed by atoms with van der Waals surface area (Å²) in [6, 6.07) is 13.7. The molecule has 1 N–H and O–H groups in total. The van der Waals surface area contributed by atoms with E-state index in [-0.39, 0.29) is 0 Å². The first-order valence-corrected chi connectivity index (χ1v) is 9.22. The van der Waals surface area contributed by atoms with Crippen molar-refractivity contribution >= 4 is 28.7 Å². The number of methoxy groups -OCH3 is 3. The molecular weight excluding hydrogens is 362 g/mol. The normalized spacial score (nSPS) is 13.9. The highest BCUT2D eigenvalue weighted by Crippen LogP contribution is 2.29. The number of benzene rings is 2. The first-order chi connectivity index (χ1) is 13.1. The van der Waals surface area contributed by atoms with Gasteiger partial charge in [0.05, 0.1) is 27.0 Å². The van der Waals surface area contributed by atoms with Crippen molar-refractivity contribution in [2.45, 2.75) is 0 Å². The van der Waals surface area contributed by atoms with Gasteiger partial charge in [-0.3, -0.25) is 0 Å². The second-order valence-corrected chi connectivity index (χ2v) is 6.56. The Bertz CT molecular complexity index is 770. The Morgan fingerprint density at radius 3 is 2.11 bits per heavy atom. The van der Waals surface area contributed by atoms with Crippen LogP contribution in [-0.2, 0) is 0 Å². The molecule has 0 radical (unpaired) electrons. The van der Waals surface area contributed by atoms with Crippen molar-refractivity contribution in [1.82, 2.24) is 4.90 Å². The fourth-order valence-corrected chi connectivity index (χ4v) is 3.42. The molecule has 0 bridgehead atoms. The van der Waals surface area contributed by atoms with Crippen LogP contribution in [0.15, 0.2) is 42.5 Å². The molecule has 7 heteroatoms. The molecule has 1 fully saturated rings. The molecule has 1 saturated heterocycles. The molecule has 0 spiro atoms. The van der Waals surface area contributed by atoms with E-state index in [4.69, 9.17) is 26.4 Å². The number of hydrogen-bond donors (Lipinski definition) is 1. The van der Waals surface area contributed by atoms with E-state index < -0.39 is 0 Å². The van der Waals surface area contributed by atoms with Crippen LogP contribution in [0.4, 0.5) is 11.4 Å². The van der Waals surface area contributed by atoms with Crippen LogP contribution < -0.4 is 24.4 Å². The Hall–Kier alpha value is -2.67. The number of thiocarbonyl (C=S) groups is 1. The van der Waals surface area contributed by atoms with E-state index in [0.29, 0.717) is 5.11 Å². The van der Waals surface area contributed by atoms with Crippen LogP contribution in [0.25, 0.3) is 0 Å². The van der Waals surface area contributed by atoms with Crippen LogP contribution in [0.5, 0.6) is 17.2 Å². The minimum absolute atomic E-state index is 0.699. The van der Waals surface area contributed by atoms with Gasteiger partial charge in [-0.1, -0.05) is 12.1 Å². The van der Waals surface area contributed by atoms with Gasteiger partial charge in [0.25, 0.3) is 0 Å². The smallest absolute Gasteiger partial charge is 0.173 e. The quantitative estimate of drug-likeness (QED) is 0.791. The lowest BCUT2D eigenvalue weighted by Gasteiger charge is -2.37. The summed E-state index contributed by atoms with van der Waals surface area (Å²) in [5, 5.41) is 3.99. The van der Waals surface area contributed by atoms with Crippen molar-refractivity contribution in [1.29, 1.82) is 0 Å². The molecule has 3 rings (SSSR count). The topological polar surface area (TPSA) is 46.2 Å².